The monoisotopic (exact) mass is 288 g/mol. The summed E-state index contributed by atoms with van der Waals surface area (Å²) in [5, 5.41) is 0. The minimum atomic E-state index is -0.674. The van der Waals surface area contributed by atoms with E-state index in [4.69, 9.17) is 9.47 Å². The van der Waals surface area contributed by atoms with Crippen LogP contribution in [-0.4, -0.2) is 18.5 Å². The summed E-state index contributed by atoms with van der Waals surface area (Å²) in [7, 11) is 0. The molecule has 2 aromatic rings. The van der Waals surface area contributed by atoms with E-state index in [1.165, 1.54) is 24.3 Å². The van der Waals surface area contributed by atoms with Gasteiger partial charge < -0.3 is 9.47 Å². The molecule has 0 saturated heterocycles. The third-order valence-electron chi connectivity index (χ3n) is 2.66. The van der Waals surface area contributed by atoms with Crippen LogP contribution in [0.5, 0.6) is 5.75 Å². The highest BCUT2D eigenvalue weighted by Crippen LogP contribution is 2.20. The third-order valence-corrected chi connectivity index (χ3v) is 2.66. The van der Waals surface area contributed by atoms with Crippen LogP contribution in [0.4, 0.5) is 4.39 Å². The van der Waals surface area contributed by atoms with Crippen LogP contribution in [-0.2, 0) is 4.74 Å². The third kappa shape index (κ3) is 3.66. The number of para-hydroxylation sites is 1. The zero-order chi connectivity index (χ0) is 15.2. The van der Waals surface area contributed by atoms with Gasteiger partial charge in [0.2, 0.25) is 0 Å². The van der Waals surface area contributed by atoms with E-state index >= 15 is 0 Å². The van der Waals surface area contributed by atoms with Crippen LogP contribution in [0.1, 0.15) is 27.6 Å². The number of benzene rings is 2. The number of rotatable bonds is 4. The Labute approximate surface area is 121 Å². The van der Waals surface area contributed by atoms with Gasteiger partial charge in [0, 0.05) is 0 Å². The molecule has 0 N–H and O–H groups in total. The second-order valence-corrected chi connectivity index (χ2v) is 4.11. The first-order chi connectivity index (χ1) is 10.1. The zero-order valence-corrected chi connectivity index (χ0v) is 11.3. The van der Waals surface area contributed by atoms with Crippen LogP contribution in [0.3, 0.4) is 0 Å². The molecule has 0 radical (unpaired) electrons. The Balaban J connectivity index is 2.21. The molecule has 0 atom stereocenters. The number of halogens is 1. The van der Waals surface area contributed by atoms with Gasteiger partial charge in [-0.1, -0.05) is 12.1 Å². The predicted octanol–water partition coefficient (Wildman–Crippen LogP) is 3.22. The fourth-order valence-corrected chi connectivity index (χ4v) is 1.68. The lowest BCUT2D eigenvalue weighted by Gasteiger charge is -2.09. The summed E-state index contributed by atoms with van der Waals surface area (Å²) >= 11 is 0. The van der Waals surface area contributed by atoms with Gasteiger partial charge in [-0.05, 0) is 43.3 Å². The topological polar surface area (TPSA) is 52.6 Å². The van der Waals surface area contributed by atoms with Crippen LogP contribution in [0, 0.1) is 5.82 Å². The highest BCUT2D eigenvalue weighted by atomic mass is 19.1. The molecule has 21 heavy (non-hydrogen) atoms. The number of carbonyl (C=O) groups excluding carboxylic acids is 2. The lowest BCUT2D eigenvalue weighted by Crippen LogP contribution is -2.13. The average Bonchev–Trinajstić information content (AvgIpc) is 2.48. The first-order valence-electron chi connectivity index (χ1n) is 6.35. The first-order valence-corrected chi connectivity index (χ1v) is 6.35. The van der Waals surface area contributed by atoms with Crippen molar-refractivity contribution < 1.29 is 23.5 Å². The van der Waals surface area contributed by atoms with Crippen molar-refractivity contribution in [1.82, 2.24) is 0 Å². The molecule has 108 valence electrons. The molecule has 0 aliphatic carbocycles. The number of ether oxygens (including phenoxy) is 2. The second-order valence-electron chi connectivity index (χ2n) is 4.11. The van der Waals surface area contributed by atoms with E-state index in [-0.39, 0.29) is 23.5 Å². The van der Waals surface area contributed by atoms with E-state index in [0.717, 1.165) is 12.1 Å². The molecule has 5 heteroatoms. The SMILES string of the molecule is CCOC(=O)c1ccccc1OC(=O)c1ccc(F)cc1. The smallest absolute Gasteiger partial charge is 0.343 e. The largest absolute Gasteiger partial charge is 0.462 e. The number of hydrogen-bond donors (Lipinski definition) is 0. The number of esters is 2. The molecule has 0 amide bonds. The Hall–Kier alpha value is -2.69. The van der Waals surface area contributed by atoms with Gasteiger partial charge in [-0.25, -0.2) is 14.0 Å². The minimum absolute atomic E-state index is 0.102. The standard InChI is InChI=1S/C16H13FO4/c1-2-20-16(19)13-5-3-4-6-14(13)21-15(18)11-7-9-12(17)10-8-11/h3-10H,2H2,1H3. The Bertz CT molecular complexity index is 650. The van der Waals surface area contributed by atoms with Crippen LogP contribution < -0.4 is 4.74 Å². The molecule has 2 aromatic carbocycles. The summed E-state index contributed by atoms with van der Waals surface area (Å²) in [4.78, 5) is 23.7. The van der Waals surface area contributed by atoms with Crippen molar-refractivity contribution in [2.24, 2.45) is 0 Å². The van der Waals surface area contributed by atoms with Crippen molar-refractivity contribution >= 4 is 11.9 Å². The van der Waals surface area contributed by atoms with E-state index in [1.807, 2.05) is 0 Å². The molecule has 0 spiro atoms. The highest BCUT2D eigenvalue weighted by molar-refractivity contribution is 5.96. The number of carbonyl (C=O) groups is 2. The molecule has 0 aliphatic rings. The maximum atomic E-state index is 12.8. The molecule has 0 unspecified atom stereocenters. The van der Waals surface area contributed by atoms with E-state index in [1.54, 1.807) is 19.1 Å². The van der Waals surface area contributed by atoms with Crippen molar-refractivity contribution in [2.75, 3.05) is 6.61 Å². The molecule has 0 aliphatic heterocycles. The Kier molecular flexibility index (Phi) is 4.66. The molecule has 0 fully saturated rings. The summed E-state index contributed by atoms with van der Waals surface area (Å²) in [6.07, 6.45) is 0. The van der Waals surface area contributed by atoms with Crippen molar-refractivity contribution in [3.63, 3.8) is 0 Å². The van der Waals surface area contributed by atoms with Crippen molar-refractivity contribution in [2.45, 2.75) is 6.92 Å². The molecule has 2 rings (SSSR count). The van der Waals surface area contributed by atoms with Gasteiger partial charge in [-0.3, -0.25) is 0 Å². The molecule has 0 heterocycles. The fraction of sp³-hybridized carbons (Fsp3) is 0.125. The summed E-state index contributed by atoms with van der Waals surface area (Å²) < 4.78 is 22.9. The van der Waals surface area contributed by atoms with Gasteiger partial charge in [0.1, 0.15) is 17.1 Å². The van der Waals surface area contributed by atoms with Gasteiger partial charge in [0.05, 0.1) is 12.2 Å². The Morgan fingerprint density at radius 1 is 1.00 bits per heavy atom. The van der Waals surface area contributed by atoms with E-state index in [0.29, 0.717) is 0 Å². The average molecular weight is 288 g/mol. The lowest BCUT2D eigenvalue weighted by molar-refractivity contribution is 0.0520. The van der Waals surface area contributed by atoms with E-state index in [9.17, 15) is 14.0 Å². The molecular formula is C16H13FO4. The fourth-order valence-electron chi connectivity index (χ4n) is 1.68. The molecule has 0 bridgehead atoms. The van der Waals surface area contributed by atoms with Gasteiger partial charge >= 0.3 is 11.9 Å². The number of hydrogen-bond acceptors (Lipinski definition) is 4. The van der Waals surface area contributed by atoms with Gasteiger partial charge in [0.15, 0.2) is 0 Å². The molecule has 4 nitrogen and oxygen atoms in total. The molecule has 0 saturated carbocycles. The second kappa shape index (κ2) is 6.65. The Morgan fingerprint density at radius 3 is 2.33 bits per heavy atom. The van der Waals surface area contributed by atoms with Crippen LogP contribution in [0.25, 0.3) is 0 Å². The van der Waals surface area contributed by atoms with E-state index in [2.05, 4.69) is 0 Å². The predicted molar refractivity (Wildman–Crippen MR) is 73.8 cm³/mol. The van der Waals surface area contributed by atoms with Crippen LogP contribution >= 0.6 is 0 Å². The highest BCUT2D eigenvalue weighted by Gasteiger charge is 2.16. The summed E-state index contributed by atoms with van der Waals surface area (Å²) in [6, 6.07) is 11.2. The van der Waals surface area contributed by atoms with Crippen LogP contribution in [0.2, 0.25) is 0 Å². The molecular weight excluding hydrogens is 275 g/mol. The van der Waals surface area contributed by atoms with Gasteiger partial charge in [-0.15, -0.1) is 0 Å². The van der Waals surface area contributed by atoms with Crippen molar-refractivity contribution in [3.8, 4) is 5.75 Å². The van der Waals surface area contributed by atoms with Crippen molar-refractivity contribution in [3.05, 3.63) is 65.5 Å². The normalized spacial score (nSPS) is 10.0. The van der Waals surface area contributed by atoms with E-state index < -0.39 is 17.8 Å². The quantitative estimate of drug-likeness (QED) is 0.640. The van der Waals surface area contributed by atoms with Crippen molar-refractivity contribution in [1.29, 1.82) is 0 Å². The minimum Gasteiger partial charge on any atom is -0.462 e. The Morgan fingerprint density at radius 2 is 1.67 bits per heavy atom. The molecule has 0 aromatic heterocycles. The lowest BCUT2D eigenvalue weighted by atomic mass is 10.2. The zero-order valence-electron chi connectivity index (χ0n) is 11.3. The summed E-state index contributed by atoms with van der Waals surface area (Å²) in [5.41, 5.74) is 0.352. The maximum Gasteiger partial charge on any atom is 0.343 e. The van der Waals surface area contributed by atoms with Gasteiger partial charge in [0.25, 0.3) is 0 Å². The van der Waals surface area contributed by atoms with Gasteiger partial charge in [-0.2, -0.15) is 0 Å². The first kappa shape index (κ1) is 14.7. The maximum absolute atomic E-state index is 12.8. The summed E-state index contributed by atoms with van der Waals surface area (Å²) in [6.45, 7) is 1.91. The van der Waals surface area contributed by atoms with Crippen LogP contribution in [0.15, 0.2) is 48.5 Å². The summed E-state index contributed by atoms with van der Waals surface area (Å²) in [5.74, 6) is -1.59.